The normalized spacial score (nSPS) is 8.67. The molecule has 2 N–H and O–H groups in total. The number of hydrogen-bond acceptors (Lipinski definition) is 4. The number of aromatic amines is 1. The van der Waals surface area contributed by atoms with Crippen molar-refractivity contribution in [3.8, 4) is 0 Å². The summed E-state index contributed by atoms with van der Waals surface area (Å²) in [6.07, 6.45) is 4.76. The van der Waals surface area contributed by atoms with Crippen LogP contribution >= 0.6 is 0 Å². The van der Waals surface area contributed by atoms with Gasteiger partial charge in [-0.1, -0.05) is 0 Å². The summed E-state index contributed by atoms with van der Waals surface area (Å²) in [6.45, 7) is -0.250. The molecule has 2 aromatic heterocycles. The predicted molar refractivity (Wildman–Crippen MR) is 40.4 cm³/mol. The number of nitrogens with zero attached hydrogens (tertiary/aromatic N) is 3. The molecular formula is C6H6N4O2. The molecule has 0 atom stereocenters. The number of carbonyl (C=O) groups is 1. The van der Waals surface area contributed by atoms with Crippen molar-refractivity contribution < 1.29 is 9.90 Å². The first-order chi connectivity index (χ1) is 5.88. The molecule has 12 heavy (non-hydrogen) atoms. The van der Waals surface area contributed by atoms with Crippen LogP contribution in [0, 0.1) is 0 Å². The monoisotopic (exact) mass is 166 g/mol. The molecule has 0 aromatic carbocycles. The van der Waals surface area contributed by atoms with Gasteiger partial charge in [-0.25, -0.2) is 15.0 Å². The molecule has 0 aliphatic carbocycles. The molecule has 0 aliphatic heterocycles. The van der Waals surface area contributed by atoms with E-state index in [9.17, 15) is 0 Å². The van der Waals surface area contributed by atoms with Gasteiger partial charge in [0.25, 0.3) is 6.47 Å². The van der Waals surface area contributed by atoms with Crippen LogP contribution in [0.5, 0.6) is 0 Å². The number of rotatable bonds is 0. The van der Waals surface area contributed by atoms with Crippen molar-refractivity contribution in [2.24, 2.45) is 0 Å². The first-order valence-electron chi connectivity index (χ1n) is 3.05. The molecule has 0 fully saturated rings. The Morgan fingerprint density at radius 1 is 1.50 bits per heavy atom. The maximum Gasteiger partial charge on any atom is 0.290 e. The molecule has 6 nitrogen and oxygen atoms in total. The van der Waals surface area contributed by atoms with E-state index in [1.54, 1.807) is 12.5 Å². The standard InChI is InChI=1S/C5H4N4.CH2O2/c1-4-5(8-2-6-1)9-3-7-4;2-1-3/h1-3H,(H,6,7,8,9);1H,(H,2,3). The molecule has 0 amide bonds. The molecule has 0 radical (unpaired) electrons. The Morgan fingerprint density at radius 2 is 2.25 bits per heavy atom. The Morgan fingerprint density at radius 3 is 2.92 bits per heavy atom. The SMILES string of the molecule is O=CO.c1ncc2[nH]cnc2n1. The maximum atomic E-state index is 8.36. The number of imidazole rings is 1. The Bertz CT molecular complexity index is 329. The van der Waals surface area contributed by atoms with E-state index in [1.807, 2.05) is 0 Å². The summed E-state index contributed by atoms with van der Waals surface area (Å²) in [5.74, 6) is 0. The zero-order chi connectivity index (χ0) is 8.81. The quantitative estimate of drug-likeness (QED) is 0.539. The molecular weight excluding hydrogens is 160 g/mol. The van der Waals surface area contributed by atoms with Crippen molar-refractivity contribution >= 4 is 17.6 Å². The van der Waals surface area contributed by atoms with E-state index < -0.39 is 0 Å². The van der Waals surface area contributed by atoms with Gasteiger partial charge in [-0.05, 0) is 0 Å². The fourth-order valence-electron chi connectivity index (χ4n) is 0.691. The summed E-state index contributed by atoms with van der Waals surface area (Å²) < 4.78 is 0. The zero-order valence-corrected chi connectivity index (χ0v) is 6.01. The van der Waals surface area contributed by atoms with E-state index in [1.165, 1.54) is 6.33 Å². The Hall–Kier alpha value is -1.98. The predicted octanol–water partition coefficient (Wildman–Crippen LogP) is 0.0537. The van der Waals surface area contributed by atoms with E-state index in [2.05, 4.69) is 19.9 Å². The molecule has 0 spiro atoms. The minimum absolute atomic E-state index is 0.250. The van der Waals surface area contributed by atoms with E-state index in [0.29, 0.717) is 5.65 Å². The van der Waals surface area contributed by atoms with Crippen LogP contribution in [0.4, 0.5) is 0 Å². The van der Waals surface area contributed by atoms with E-state index in [-0.39, 0.29) is 6.47 Å². The van der Waals surface area contributed by atoms with Crippen molar-refractivity contribution in [2.45, 2.75) is 0 Å². The minimum atomic E-state index is -0.250. The highest BCUT2D eigenvalue weighted by molar-refractivity contribution is 5.67. The number of nitrogens with one attached hydrogen (secondary N) is 1. The first kappa shape index (κ1) is 8.12. The van der Waals surface area contributed by atoms with Crippen LogP contribution in [0.15, 0.2) is 18.9 Å². The van der Waals surface area contributed by atoms with Crippen LogP contribution in [0.1, 0.15) is 0 Å². The first-order valence-corrected chi connectivity index (χ1v) is 3.05. The number of H-pyrrole nitrogens is 1. The second-order valence-corrected chi connectivity index (χ2v) is 1.77. The lowest BCUT2D eigenvalue weighted by Gasteiger charge is -1.80. The molecule has 2 rings (SSSR count). The average molecular weight is 166 g/mol. The maximum absolute atomic E-state index is 8.36. The Labute approximate surface area is 67.3 Å². The van der Waals surface area contributed by atoms with Crippen molar-refractivity contribution in [3.05, 3.63) is 18.9 Å². The smallest absolute Gasteiger partial charge is 0.290 e. The molecule has 2 aromatic rings. The molecule has 2 heterocycles. The van der Waals surface area contributed by atoms with Gasteiger partial charge in [-0.3, -0.25) is 4.79 Å². The minimum Gasteiger partial charge on any atom is -0.483 e. The Kier molecular flexibility index (Phi) is 2.72. The lowest BCUT2D eigenvalue weighted by atomic mass is 10.6. The lowest BCUT2D eigenvalue weighted by Crippen LogP contribution is -1.76. The molecule has 6 heteroatoms. The van der Waals surface area contributed by atoms with Crippen molar-refractivity contribution in [3.63, 3.8) is 0 Å². The van der Waals surface area contributed by atoms with Crippen LogP contribution in [-0.4, -0.2) is 31.5 Å². The average Bonchev–Trinajstić information content (AvgIpc) is 2.52. The summed E-state index contributed by atoms with van der Waals surface area (Å²) in [5.41, 5.74) is 1.59. The number of hydrogen-bond donors (Lipinski definition) is 2. The highest BCUT2D eigenvalue weighted by Crippen LogP contribution is 1.99. The highest BCUT2D eigenvalue weighted by atomic mass is 16.3. The van der Waals surface area contributed by atoms with Gasteiger partial charge < -0.3 is 10.1 Å². The number of fused-ring (bicyclic) bond motifs is 1. The largest absolute Gasteiger partial charge is 0.483 e. The zero-order valence-electron chi connectivity index (χ0n) is 6.01. The van der Waals surface area contributed by atoms with Crippen molar-refractivity contribution in [1.29, 1.82) is 0 Å². The van der Waals surface area contributed by atoms with Crippen LogP contribution in [0.2, 0.25) is 0 Å². The van der Waals surface area contributed by atoms with Gasteiger partial charge in [0, 0.05) is 0 Å². The number of aromatic nitrogens is 4. The van der Waals surface area contributed by atoms with Crippen LogP contribution in [0.25, 0.3) is 11.2 Å². The fraction of sp³-hybridized carbons (Fsp3) is 0. The van der Waals surface area contributed by atoms with Crippen molar-refractivity contribution in [1.82, 2.24) is 19.9 Å². The van der Waals surface area contributed by atoms with Crippen LogP contribution in [0.3, 0.4) is 0 Å². The van der Waals surface area contributed by atoms with Gasteiger partial charge >= 0.3 is 0 Å². The number of carboxylic acid groups (broad SMARTS) is 1. The van der Waals surface area contributed by atoms with Crippen LogP contribution in [-0.2, 0) is 4.79 Å². The third-order valence-electron chi connectivity index (χ3n) is 1.10. The molecule has 0 saturated carbocycles. The van der Waals surface area contributed by atoms with E-state index in [0.717, 1.165) is 5.52 Å². The summed E-state index contributed by atoms with van der Waals surface area (Å²) in [5, 5.41) is 6.89. The van der Waals surface area contributed by atoms with Gasteiger partial charge in [0.05, 0.1) is 12.5 Å². The fourth-order valence-corrected chi connectivity index (χ4v) is 0.691. The third-order valence-corrected chi connectivity index (χ3v) is 1.10. The molecule has 0 bridgehead atoms. The lowest BCUT2D eigenvalue weighted by molar-refractivity contribution is -0.122. The third kappa shape index (κ3) is 1.75. The van der Waals surface area contributed by atoms with Gasteiger partial charge in [0.2, 0.25) is 0 Å². The van der Waals surface area contributed by atoms with E-state index in [4.69, 9.17) is 9.90 Å². The highest BCUT2D eigenvalue weighted by Gasteiger charge is 1.91. The Balaban J connectivity index is 0.000000213. The van der Waals surface area contributed by atoms with Gasteiger partial charge in [0.15, 0.2) is 5.65 Å². The molecule has 0 unspecified atom stereocenters. The molecule has 0 saturated heterocycles. The molecule has 0 aliphatic rings. The summed E-state index contributed by atoms with van der Waals surface area (Å²) in [7, 11) is 0. The molecule has 62 valence electrons. The topological polar surface area (TPSA) is 91.8 Å². The van der Waals surface area contributed by atoms with Gasteiger partial charge in [-0.2, -0.15) is 0 Å². The second kappa shape index (κ2) is 4.02. The summed E-state index contributed by atoms with van der Waals surface area (Å²) in [6, 6.07) is 0. The van der Waals surface area contributed by atoms with Crippen LogP contribution < -0.4 is 0 Å². The van der Waals surface area contributed by atoms with Gasteiger partial charge in [0.1, 0.15) is 11.8 Å². The van der Waals surface area contributed by atoms with Gasteiger partial charge in [-0.15, -0.1) is 0 Å². The summed E-state index contributed by atoms with van der Waals surface area (Å²) in [4.78, 5) is 22.8. The van der Waals surface area contributed by atoms with E-state index >= 15 is 0 Å². The summed E-state index contributed by atoms with van der Waals surface area (Å²) >= 11 is 0. The van der Waals surface area contributed by atoms with Crippen molar-refractivity contribution in [2.75, 3.05) is 0 Å². The second-order valence-electron chi connectivity index (χ2n) is 1.77.